The Labute approximate surface area is 92.8 Å². The first-order chi connectivity index (χ1) is 7.42. The second-order valence-electron chi connectivity index (χ2n) is 3.75. The van der Waals surface area contributed by atoms with E-state index in [4.69, 9.17) is 4.42 Å². The number of hydrogen-bond donors (Lipinski definition) is 1. The van der Waals surface area contributed by atoms with E-state index in [0.717, 1.165) is 5.56 Å². The van der Waals surface area contributed by atoms with E-state index in [1.165, 1.54) is 6.26 Å². The van der Waals surface area contributed by atoms with Crippen LogP contribution in [0, 0.1) is 6.92 Å². The summed E-state index contributed by atoms with van der Waals surface area (Å²) < 4.78 is 41.5. The SMILES string of the molecule is CCNC(CCC(F)(F)F)c1coc(C)c1. The van der Waals surface area contributed by atoms with E-state index in [2.05, 4.69) is 5.32 Å². The molecular weight excluding hydrogens is 219 g/mol. The Morgan fingerprint density at radius 2 is 2.12 bits per heavy atom. The lowest BCUT2D eigenvalue weighted by molar-refractivity contribution is -0.136. The van der Waals surface area contributed by atoms with Gasteiger partial charge in [0.1, 0.15) is 5.76 Å². The molecule has 1 N–H and O–H groups in total. The molecule has 16 heavy (non-hydrogen) atoms. The maximum Gasteiger partial charge on any atom is 0.389 e. The Morgan fingerprint density at radius 1 is 1.44 bits per heavy atom. The normalized spacial score (nSPS) is 14.1. The largest absolute Gasteiger partial charge is 0.469 e. The molecule has 1 unspecified atom stereocenters. The van der Waals surface area contributed by atoms with Gasteiger partial charge in [0.25, 0.3) is 0 Å². The van der Waals surface area contributed by atoms with Crippen molar-refractivity contribution in [3.05, 3.63) is 23.7 Å². The summed E-state index contributed by atoms with van der Waals surface area (Å²) in [5.41, 5.74) is 0.781. The van der Waals surface area contributed by atoms with Crippen LogP contribution in [0.4, 0.5) is 13.2 Å². The molecule has 0 bridgehead atoms. The molecule has 1 aromatic rings. The average molecular weight is 235 g/mol. The molecule has 0 radical (unpaired) electrons. The molecule has 1 rings (SSSR count). The first kappa shape index (κ1) is 13.1. The topological polar surface area (TPSA) is 25.2 Å². The average Bonchev–Trinajstić information content (AvgIpc) is 2.57. The monoisotopic (exact) mass is 235 g/mol. The lowest BCUT2D eigenvalue weighted by Gasteiger charge is -2.17. The van der Waals surface area contributed by atoms with Crippen LogP contribution >= 0.6 is 0 Å². The van der Waals surface area contributed by atoms with Crippen molar-refractivity contribution < 1.29 is 17.6 Å². The lowest BCUT2D eigenvalue weighted by atomic mass is 10.0. The Morgan fingerprint density at radius 3 is 2.56 bits per heavy atom. The number of nitrogens with one attached hydrogen (secondary N) is 1. The first-order valence-electron chi connectivity index (χ1n) is 5.27. The summed E-state index contributed by atoms with van der Waals surface area (Å²) in [6.45, 7) is 4.27. The third-order valence-electron chi connectivity index (χ3n) is 2.32. The Balaban J connectivity index is 2.61. The molecule has 0 fully saturated rings. The van der Waals surface area contributed by atoms with Crippen molar-refractivity contribution in [2.75, 3.05) is 6.54 Å². The van der Waals surface area contributed by atoms with Crippen LogP contribution in [0.3, 0.4) is 0 Å². The number of hydrogen-bond acceptors (Lipinski definition) is 2. The predicted molar refractivity (Wildman–Crippen MR) is 55.2 cm³/mol. The molecule has 2 nitrogen and oxygen atoms in total. The molecule has 0 aliphatic carbocycles. The van der Waals surface area contributed by atoms with Gasteiger partial charge < -0.3 is 9.73 Å². The summed E-state index contributed by atoms with van der Waals surface area (Å²) in [6, 6.07) is 1.48. The minimum Gasteiger partial charge on any atom is -0.469 e. The zero-order chi connectivity index (χ0) is 12.2. The molecule has 0 aliphatic rings. The second kappa shape index (κ2) is 5.39. The highest BCUT2D eigenvalue weighted by Crippen LogP contribution is 2.28. The molecule has 1 aromatic heterocycles. The summed E-state index contributed by atoms with van der Waals surface area (Å²) in [5, 5.41) is 3.02. The van der Waals surface area contributed by atoms with Crippen molar-refractivity contribution in [1.82, 2.24) is 5.32 Å². The van der Waals surface area contributed by atoms with Gasteiger partial charge in [-0.15, -0.1) is 0 Å². The van der Waals surface area contributed by atoms with Gasteiger partial charge >= 0.3 is 6.18 Å². The molecule has 0 aromatic carbocycles. The summed E-state index contributed by atoms with van der Waals surface area (Å²) in [7, 11) is 0. The standard InChI is InChI=1S/C11H16F3NO/c1-3-15-10(4-5-11(12,13)14)9-6-8(2)16-7-9/h6-7,10,15H,3-5H2,1-2H3. The van der Waals surface area contributed by atoms with Crippen LogP contribution in [0.2, 0.25) is 0 Å². The molecule has 0 saturated carbocycles. The highest BCUT2D eigenvalue weighted by atomic mass is 19.4. The fourth-order valence-corrected chi connectivity index (χ4v) is 1.59. The van der Waals surface area contributed by atoms with Crippen molar-refractivity contribution >= 4 is 0 Å². The van der Waals surface area contributed by atoms with Crippen molar-refractivity contribution in [3.63, 3.8) is 0 Å². The van der Waals surface area contributed by atoms with Crippen molar-refractivity contribution in [2.45, 2.75) is 38.9 Å². The molecule has 0 spiro atoms. The minimum absolute atomic E-state index is 0.0380. The van der Waals surface area contributed by atoms with Gasteiger partial charge in [0.2, 0.25) is 0 Å². The first-order valence-corrected chi connectivity index (χ1v) is 5.27. The highest BCUT2D eigenvalue weighted by molar-refractivity contribution is 5.16. The van der Waals surface area contributed by atoms with E-state index in [1.807, 2.05) is 6.92 Å². The number of aryl methyl sites for hydroxylation is 1. The van der Waals surface area contributed by atoms with Gasteiger partial charge in [0.15, 0.2) is 0 Å². The Bertz CT molecular complexity index is 319. The summed E-state index contributed by atoms with van der Waals surface area (Å²) in [6.07, 6.45) is -3.34. The number of alkyl halides is 3. The van der Waals surface area contributed by atoms with Gasteiger partial charge in [-0.3, -0.25) is 0 Å². The summed E-state index contributed by atoms with van der Waals surface area (Å²) >= 11 is 0. The van der Waals surface area contributed by atoms with Crippen LogP contribution in [0.1, 0.15) is 37.1 Å². The van der Waals surface area contributed by atoms with E-state index in [1.54, 1.807) is 13.0 Å². The van der Waals surface area contributed by atoms with Gasteiger partial charge in [0, 0.05) is 18.0 Å². The van der Waals surface area contributed by atoms with Crippen molar-refractivity contribution in [1.29, 1.82) is 0 Å². The molecule has 0 saturated heterocycles. The van der Waals surface area contributed by atoms with Crippen LogP contribution in [-0.2, 0) is 0 Å². The van der Waals surface area contributed by atoms with E-state index >= 15 is 0 Å². The van der Waals surface area contributed by atoms with Crippen molar-refractivity contribution in [3.8, 4) is 0 Å². The van der Waals surface area contributed by atoms with Crippen LogP contribution in [-0.4, -0.2) is 12.7 Å². The van der Waals surface area contributed by atoms with Gasteiger partial charge in [0.05, 0.1) is 6.26 Å². The molecule has 0 amide bonds. The second-order valence-corrected chi connectivity index (χ2v) is 3.75. The highest BCUT2D eigenvalue weighted by Gasteiger charge is 2.28. The Kier molecular flexibility index (Phi) is 4.41. The maximum atomic E-state index is 12.1. The minimum atomic E-state index is -4.10. The lowest BCUT2D eigenvalue weighted by Crippen LogP contribution is -2.22. The smallest absolute Gasteiger partial charge is 0.389 e. The van der Waals surface area contributed by atoms with Crippen molar-refractivity contribution in [2.24, 2.45) is 0 Å². The van der Waals surface area contributed by atoms with Crippen LogP contribution < -0.4 is 5.32 Å². The zero-order valence-electron chi connectivity index (χ0n) is 9.40. The molecule has 1 heterocycles. The molecule has 5 heteroatoms. The summed E-state index contributed by atoms with van der Waals surface area (Å²) in [4.78, 5) is 0. The van der Waals surface area contributed by atoms with Gasteiger partial charge in [-0.05, 0) is 26.0 Å². The number of halogens is 3. The third-order valence-corrected chi connectivity index (χ3v) is 2.32. The molecule has 92 valence electrons. The van der Waals surface area contributed by atoms with E-state index in [-0.39, 0.29) is 12.5 Å². The van der Waals surface area contributed by atoms with E-state index < -0.39 is 12.6 Å². The molecular formula is C11H16F3NO. The maximum absolute atomic E-state index is 12.1. The predicted octanol–water partition coefficient (Wildman–Crippen LogP) is 3.58. The summed E-state index contributed by atoms with van der Waals surface area (Å²) in [5.74, 6) is 0.713. The van der Waals surface area contributed by atoms with E-state index in [9.17, 15) is 13.2 Å². The zero-order valence-corrected chi connectivity index (χ0v) is 9.40. The molecule has 0 aliphatic heterocycles. The quantitative estimate of drug-likeness (QED) is 0.843. The van der Waals surface area contributed by atoms with Gasteiger partial charge in [-0.25, -0.2) is 0 Å². The van der Waals surface area contributed by atoms with E-state index in [0.29, 0.717) is 12.3 Å². The van der Waals surface area contributed by atoms with Crippen LogP contribution in [0.5, 0.6) is 0 Å². The van der Waals surface area contributed by atoms with Gasteiger partial charge in [-0.2, -0.15) is 13.2 Å². The third kappa shape index (κ3) is 4.26. The number of furan rings is 1. The Hall–Kier alpha value is -0.970. The van der Waals surface area contributed by atoms with Crippen LogP contribution in [0.25, 0.3) is 0 Å². The fourth-order valence-electron chi connectivity index (χ4n) is 1.59. The number of rotatable bonds is 5. The van der Waals surface area contributed by atoms with Gasteiger partial charge in [-0.1, -0.05) is 6.92 Å². The molecule has 1 atom stereocenters. The van der Waals surface area contributed by atoms with Crippen LogP contribution in [0.15, 0.2) is 16.7 Å². The fraction of sp³-hybridized carbons (Fsp3) is 0.636.